The van der Waals surface area contributed by atoms with Crippen molar-refractivity contribution >= 4 is 22.2 Å². The number of β-amino-alcohol motifs (C(OH)–C–C–N with tert-alkyl or cyclic N) is 1. The number of nitrogens with zero attached hydrogens (tertiary/aromatic N) is 2. The van der Waals surface area contributed by atoms with Crippen molar-refractivity contribution in [3.05, 3.63) is 76.2 Å². The second-order valence-electron chi connectivity index (χ2n) is 8.79. The van der Waals surface area contributed by atoms with Crippen LogP contribution in [0.25, 0.3) is 0 Å². The maximum absolute atomic E-state index is 13.1. The van der Waals surface area contributed by atoms with Crippen molar-refractivity contribution in [2.45, 2.75) is 19.4 Å². The number of anilines is 1. The Labute approximate surface area is 217 Å². The molecule has 1 fully saturated rings. The minimum atomic E-state index is -0.111. The van der Waals surface area contributed by atoms with E-state index in [0.29, 0.717) is 23.6 Å². The second-order valence-corrected chi connectivity index (χ2v) is 9.93. The van der Waals surface area contributed by atoms with Crippen LogP contribution in [0.2, 0.25) is 0 Å². The van der Waals surface area contributed by atoms with Gasteiger partial charge < -0.3 is 19.9 Å². The van der Waals surface area contributed by atoms with E-state index >= 15 is 0 Å². The number of thiophene rings is 1. The van der Waals surface area contributed by atoms with Gasteiger partial charge in [-0.1, -0.05) is 31.2 Å². The Kier molecular flexibility index (Phi) is 8.98. The predicted octanol–water partition coefficient (Wildman–Crippen LogP) is 4.28. The summed E-state index contributed by atoms with van der Waals surface area (Å²) in [4.78, 5) is 19.1. The van der Waals surface area contributed by atoms with E-state index in [0.717, 1.165) is 48.7 Å². The van der Waals surface area contributed by atoms with E-state index in [4.69, 9.17) is 9.47 Å². The molecule has 36 heavy (non-hydrogen) atoms. The topological polar surface area (TPSA) is 74.3 Å². The quantitative estimate of drug-likeness (QED) is 0.425. The number of amides is 1. The van der Waals surface area contributed by atoms with Gasteiger partial charge in [0, 0.05) is 48.7 Å². The van der Waals surface area contributed by atoms with Crippen molar-refractivity contribution in [1.29, 1.82) is 0 Å². The molecule has 3 aromatic rings. The fourth-order valence-corrected chi connectivity index (χ4v) is 5.72. The summed E-state index contributed by atoms with van der Waals surface area (Å²) < 4.78 is 11.1. The Balaban J connectivity index is 1.74. The van der Waals surface area contributed by atoms with Crippen LogP contribution >= 0.6 is 11.3 Å². The lowest BCUT2D eigenvalue weighted by atomic mass is 9.96. The number of methoxy groups -OCH3 is 2. The molecule has 2 N–H and O–H groups in total. The van der Waals surface area contributed by atoms with Gasteiger partial charge in [-0.2, -0.15) is 0 Å². The molecule has 0 bridgehead atoms. The van der Waals surface area contributed by atoms with Crippen molar-refractivity contribution in [3.63, 3.8) is 0 Å². The molecule has 1 aromatic heterocycles. The summed E-state index contributed by atoms with van der Waals surface area (Å²) in [6.45, 7) is 6.44. The highest BCUT2D eigenvalue weighted by Gasteiger charge is 2.30. The molecular formula is C28H35N3O4S. The summed E-state index contributed by atoms with van der Waals surface area (Å²) in [6, 6.07) is 17.5. The zero-order valence-electron chi connectivity index (χ0n) is 21.2. The first-order chi connectivity index (χ1) is 17.6. The van der Waals surface area contributed by atoms with E-state index in [1.54, 1.807) is 25.6 Å². The molecule has 192 valence electrons. The summed E-state index contributed by atoms with van der Waals surface area (Å²) in [7, 11) is 3.29. The van der Waals surface area contributed by atoms with E-state index in [1.165, 1.54) is 4.88 Å². The zero-order valence-corrected chi connectivity index (χ0v) is 22.0. The molecule has 1 atom stereocenters. The molecule has 2 aromatic carbocycles. The third kappa shape index (κ3) is 5.90. The van der Waals surface area contributed by atoms with Crippen LogP contribution in [0.5, 0.6) is 11.5 Å². The van der Waals surface area contributed by atoms with Crippen LogP contribution in [0.3, 0.4) is 0 Å². The van der Waals surface area contributed by atoms with Gasteiger partial charge in [-0.3, -0.25) is 14.6 Å². The van der Waals surface area contributed by atoms with Crippen molar-refractivity contribution in [2.24, 2.45) is 0 Å². The number of nitrogens with one attached hydrogen (secondary N) is 1. The third-order valence-electron chi connectivity index (χ3n) is 6.63. The highest BCUT2D eigenvalue weighted by molar-refractivity contribution is 7.16. The van der Waals surface area contributed by atoms with Crippen molar-refractivity contribution < 1.29 is 19.4 Å². The van der Waals surface area contributed by atoms with Gasteiger partial charge in [0.1, 0.15) is 5.00 Å². The summed E-state index contributed by atoms with van der Waals surface area (Å²) in [5.41, 5.74) is 2.80. The Morgan fingerprint density at radius 3 is 2.39 bits per heavy atom. The second kappa shape index (κ2) is 12.4. The number of ether oxygens (including phenoxy) is 2. The van der Waals surface area contributed by atoms with Crippen LogP contribution in [-0.2, 0) is 6.42 Å². The number of carbonyl (C=O) groups is 1. The van der Waals surface area contributed by atoms with Gasteiger partial charge in [-0.25, -0.2) is 0 Å². The highest BCUT2D eigenvalue weighted by Crippen LogP contribution is 2.42. The van der Waals surface area contributed by atoms with Gasteiger partial charge in [0.25, 0.3) is 5.91 Å². The summed E-state index contributed by atoms with van der Waals surface area (Å²) >= 11 is 1.64. The smallest absolute Gasteiger partial charge is 0.256 e. The van der Waals surface area contributed by atoms with Crippen molar-refractivity contribution in [2.75, 3.05) is 58.9 Å². The number of piperazine rings is 1. The summed E-state index contributed by atoms with van der Waals surface area (Å²) in [5.74, 6) is 1.25. The lowest BCUT2D eigenvalue weighted by Gasteiger charge is -2.39. The van der Waals surface area contributed by atoms with Crippen LogP contribution < -0.4 is 14.8 Å². The number of aliphatic hydroxyl groups is 1. The molecule has 0 aliphatic carbocycles. The molecular weight excluding hydrogens is 474 g/mol. The maximum atomic E-state index is 13.1. The van der Waals surface area contributed by atoms with E-state index in [2.05, 4.69) is 34.2 Å². The number of hydrogen-bond donors (Lipinski definition) is 2. The highest BCUT2D eigenvalue weighted by atomic mass is 32.1. The molecule has 1 saturated heterocycles. The molecule has 1 aliphatic rings. The Morgan fingerprint density at radius 1 is 1.03 bits per heavy atom. The fraction of sp³-hybridized carbons (Fsp3) is 0.393. The molecule has 1 aliphatic heterocycles. The van der Waals surface area contributed by atoms with E-state index in [9.17, 15) is 9.90 Å². The fourth-order valence-electron chi connectivity index (χ4n) is 4.69. The molecule has 0 unspecified atom stereocenters. The third-order valence-corrected chi connectivity index (χ3v) is 7.84. The van der Waals surface area contributed by atoms with E-state index in [-0.39, 0.29) is 18.6 Å². The number of aryl methyl sites for hydroxylation is 1. The largest absolute Gasteiger partial charge is 0.493 e. The van der Waals surface area contributed by atoms with Crippen LogP contribution in [0.4, 0.5) is 5.00 Å². The van der Waals surface area contributed by atoms with Gasteiger partial charge in [0.2, 0.25) is 0 Å². The summed E-state index contributed by atoms with van der Waals surface area (Å²) in [6.07, 6.45) is 0.891. The van der Waals surface area contributed by atoms with Crippen LogP contribution in [0.1, 0.15) is 39.3 Å². The van der Waals surface area contributed by atoms with Gasteiger partial charge in [0.05, 0.1) is 26.9 Å². The number of carbonyl (C=O) groups excluding carboxylic acids is 1. The predicted molar refractivity (Wildman–Crippen MR) is 145 cm³/mol. The molecule has 0 radical (unpaired) electrons. The van der Waals surface area contributed by atoms with E-state index < -0.39 is 0 Å². The first kappa shape index (κ1) is 26.2. The SMILES string of the molecule is CCc1cc([C@@H](c2ccc(OC)c(OC)c2)N2CCN(CCO)CC2)c(NC(=O)c2ccccc2)s1. The zero-order chi connectivity index (χ0) is 25.5. The Morgan fingerprint density at radius 2 is 1.75 bits per heavy atom. The molecule has 2 heterocycles. The number of hydrogen-bond acceptors (Lipinski definition) is 7. The molecule has 0 saturated carbocycles. The normalized spacial score (nSPS) is 15.4. The average Bonchev–Trinajstić information content (AvgIpc) is 3.32. The number of aliphatic hydroxyl groups excluding tert-OH is 1. The first-order valence-electron chi connectivity index (χ1n) is 12.4. The lowest BCUT2D eigenvalue weighted by molar-refractivity contribution is 0.0945. The number of benzene rings is 2. The van der Waals surface area contributed by atoms with Gasteiger partial charge >= 0.3 is 0 Å². The van der Waals surface area contributed by atoms with Crippen LogP contribution in [0, 0.1) is 0 Å². The molecule has 1 amide bonds. The molecule has 7 nitrogen and oxygen atoms in total. The molecule has 0 spiro atoms. The lowest BCUT2D eigenvalue weighted by Crippen LogP contribution is -2.48. The average molecular weight is 510 g/mol. The van der Waals surface area contributed by atoms with Crippen molar-refractivity contribution in [3.8, 4) is 11.5 Å². The number of rotatable bonds is 10. The summed E-state index contributed by atoms with van der Waals surface area (Å²) in [5, 5.41) is 13.5. The van der Waals surface area contributed by atoms with Gasteiger partial charge in [-0.15, -0.1) is 11.3 Å². The minimum absolute atomic E-state index is 0.0660. The molecule has 4 rings (SSSR count). The van der Waals surface area contributed by atoms with Crippen LogP contribution in [-0.4, -0.2) is 74.4 Å². The maximum Gasteiger partial charge on any atom is 0.256 e. The molecule has 8 heteroatoms. The standard InChI is InChI=1S/C28H35N3O4S/c1-4-22-19-23(28(36-22)29-27(33)20-8-6-5-7-9-20)26(31-14-12-30(13-15-31)16-17-32)21-10-11-24(34-2)25(18-21)35-3/h5-11,18-19,26,32H,4,12-17H2,1-3H3,(H,29,33)/t26-/m1/s1. The Hall–Kier alpha value is -2.91. The van der Waals surface area contributed by atoms with E-state index in [1.807, 2.05) is 42.5 Å². The van der Waals surface area contributed by atoms with Gasteiger partial charge in [0.15, 0.2) is 11.5 Å². The van der Waals surface area contributed by atoms with Crippen molar-refractivity contribution in [1.82, 2.24) is 9.80 Å². The van der Waals surface area contributed by atoms with Crippen LogP contribution in [0.15, 0.2) is 54.6 Å². The monoisotopic (exact) mass is 509 g/mol. The van der Waals surface area contributed by atoms with Gasteiger partial charge in [-0.05, 0) is 42.3 Å². The Bertz CT molecular complexity index is 1140. The minimum Gasteiger partial charge on any atom is -0.493 e. The first-order valence-corrected chi connectivity index (χ1v) is 13.2.